The van der Waals surface area contributed by atoms with Crippen LogP contribution in [0, 0.1) is 6.92 Å². The summed E-state index contributed by atoms with van der Waals surface area (Å²) in [5.74, 6) is 0.0598. The van der Waals surface area contributed by atoms with Crippen LogP contribution in [0.25, 0.3) is 0 Å². The maximum Gasteiger partial charge on any atom is 0.251 e. The van der Waals surface area contributed by atoms with Crippen LogP contribution in [0.3, 0.4) is 0 Å². The summed E-state index contributed by atoms with van der Waals surface area (Å²) < 4.78 is 0. The fraction of sp³-hybridized carbons (Fsp3) is 0.611. The van der Waals surface area contributed by atoms with Crippen LogP contribution in [0.1, 0.15) is 68.3 Å². The monoisotopic (exact) mass is 288 g/mol. The van der Waals surface area contributed by atoms with Crippen molar-refractivity contribution in [1.29, 1.82) is 0 Å². The first kappa shape index (κ1) is 15.9. The number of hydrogen-bond donors (Lipinski definition) is 2. The highest BCUT2D eigenvalue weighted by atomic mass is 16.1. The molecule has 1 saturated carbocycles. The molecule has 1 fully saturated rings. The van der Waals surface area contributed by atoms with Gasteiger partial charge < -0.3 is 10.6 Å². The van der Waals surface area contributed by atoms with Crippen molar-refractivity contribution >= 4 is 11.6 Å². The minimum absolute atomic E-state index is 0.0254. The molecule has 0 aromatic heterocycles. The molecular weight excluding hydrogens is 260 g/mol. The molecule has 1 amide bonds. The Hall–Kier alpha value is -1.51. The van der Waals surface area contributed by atoms with Crippen molar-refractivity contribution in [2.45, 2.75) is 64.8 Å². The largest absolute Gasteiger partial charge is 0.385 e. The molecule has 0 aliphatic heterocycles. The lowest BCUT2D eigenvalue weighted by Crippen LogP contribution is -2.47. The fourth-order valence-corrected chi connectivity index (χ4v) is 3.07. The van der Waals surface area contributed by atoms with Gasteiger partial charge in [0.2, 0.25) is 0 Å². The Morgan fingerprint density at radius 3 is 2.57 bits per heavy atom. The summed E-state index contributed by atoms with van der Waals surface area (Å²) >= 11 is 0. The van der Waals surface area contributed by atoms with Gasteiger partial charge in [-0.3, -0.25) is 4.79 Å². The van der Waals surface area contributed by atoms with E-state index in [0.29, 0.717) is 0 Å². The Morgan fingerprint density at radius 1 is 1.24 bits per heavy atom. The number of amides is 1. The predicted molar refractivity (Wildman–Crippen MR) is 88.9 cm³/mol. The molecule has 1 aromatic carbocycles. The maximum absolute atomic E-state index is 12.5. The van der Waals surface area contributed by atoms with E-state index in [-0.39, 0.29) is 11.4 Å². The number of anilines is 1. The molecule has 0 unspecified atom stereocenters. The number of benzene rings is 1. The Bertz CT molecular complexity index is 490. The number of carbonyl (C=O) groups excluding carboxylic acids is 1. The van der Waals surface area contributed by atoms with E-state index in [2.05, 4.69) is 31.4 Å². The second-order valence-corrected chi connectivity index (χ2v) is 6.53. The molecule has 2 N–H and O–H groups in total. The van der Waals surface area contributed by atoms with Gasteiger partial charge in [-0.25, -0.2) is 0 Å². The van der Waals surface area contributed by atoms with Crippen LogP contribution in [0.15, 0.2) is 18.2 Å². The lowest BCUT2D eigenvalue weighted by Gasteiger charge is -2.34. The second-order valence-electron chi connectivity index (χ2n) is 6.53. The SMILES string of the molecule is CCCNc1ccc(C(=O)NC2(C)CCCCC2)cc1C. The van der Waals surface area contributed by atoms with Crippen molar-refractivity contribution in [3.63, 3.8) is 0 Å². The van der Waals surface area contributed by atoms with Gasteiger partial charge in [0.15, 0.2) is 0 Å². The summed E-state index contributed by atoms with van der Waals surface area (Å²) in [5, 5.41) is 6.63. The van der Waals surface area contributed by atoms with E-state index in [0.717, 1.165) is 42.6 Å². The van der Waals surface area contributed by atoms with Gasteiger partial charge in [0.1, 0.15) is 0 Å². The van der Waals surface area contributed by atoms with Gasteiger partial charge in [-0.1, -0.05) is 26.2 Å². The third-order valence-electron chi connectivity index (χ3n) is 4.43. The van der Waals surface area contributed by atoms with Crippen LogP contribution in [-0.2, 0) is 0 Å². The summed E-state index contributed by atoms with van der Waals surface area (Å²) in [5.41, 5.74) is 2.99. The Labute approximate surface area is 128 Å². The zero-order valence-corrected chi connectivity index (χ0v) is 13.6. The van der Waals surface area contributed by atoms with Crippen LogP contribution < -0.4 is 10.6 Å². The molecule has 3 nitrogen and oxygen atoms in total. The first-order valence-corrected chi connectivity index (χ1v) is 8.21. The van der Waals surface area contributed by atoms with Crippen molar-refractivity contribution in [2.75, 3.05) is 11.9 Å². The molecule has 0 heterocycles. The van der Waals surface area contributed by atoms with Crippen LogP contribution in [0.4, 0.5) is 5.69 Å². The maximum atomic E-state index is 12.5. The van der Waals surface area contributed by atoms with Crippen molar-refractivity contribution in [1.82, 2.24) is 5.32 Å². The first-order chi connectivity index (χ1) is 10.0. The molecule has 0 atom stereocenters. The molecule has 1 aromatic rings. The highest BCUT2D eigenvalue weighted by Crippen LogP contribution is 2.28. The molecule has 0 saturated heterocycles. The summed E-state index contributed by atoms with van der Waals surface area (Å²) in [6.07, 6.45) is 7.01. The van der Waals surface area contributed by atoms with Crippen molar-refractivity contribution in [3.8, 4) is 0 Å². The summed E-state index contributed by atoms with van der Waals surface area (Å²) in [7, 11) is 0. The van der Waals surface area contributed by atoms with E-state index < -0.39 is 0 Å². The lowest BCUT2D eigenvalue weighted by atomic mass is 9.83. The highest BCUT2D eigenvalue weighted by molar-refractivity contribution is 5.95. The van der Waals surface area contributed by atoms with E-state index in [1.165, 1.54) is 19.3 Å². The van der Waals surface area contributed by atoms with Crippen LogP contribution in [0.2, 0.25) is 0 Å². The summed E-state index contributed by atoms with van der Waals surface area (Å²) in [4.78, 5) is 12.5. The van der Waals surface area contributed by atoms with Crippen LogP contribution >= 0.6 is 0 Å². The molecule has 21 heavy (non-hydrogen) atoms. The lowest BCUT2D eigenvalue weighted by molar-refractivity contribution is 0.0882. The fourth-order valence-electron chi connectivity index (χ4n) is 3.07. The molecule has 3 heteroatoms. The molecule has 0 radical (unpaired) electrons. The molecule has 116 valence electrons. The zero-order chi connectivity index (χ0) is 15.3. The van der Waals surface area contributed by atoms with Gasteiger partial charge in [0.05, 0.1) is 0 Å². The topological polar surface area (TPSA) is 41.1 Å². The van der Waals surface area contributed by atoms with Gasteiger partial charge in [-0.05, 0) is 56.9 Å². The van der Waals surface area contributed by atoms with Crippen molar-refractivity contribution in [2.24, 2.45) is 0 Å². The van der Waals surface area contributed by atoms with E-state index in [1.807, 2.05) is 18.2 Å². The van der Waals surface area contributed by atoms with Gasteiger partial charge in [0, 0.05) is 23.3 Å². The number of aryl methyl sites for hydroxylation is 1. The molecule has 1 aliphatic carbocycles. The van der Waals surface area contributed by atoms with E-state index in [4.69, 9.17) is 0 Å². The van der Waals surface area contributed by atoms with E-state index >= 15 is 0 Å². The van der Waals surface area contributed by atoms with Gasteiger partial charge in [-0.2, -0.15) is 0 Å². The molecular formula is C18H28N2O. The number of rotatable bonds is 5. The van der Waals surface area contributed by atoms with Gasteiger partial charge in [0.25, 0.3) is 5.91 Å². The molecule has 0 spiro atoms. The van der Waals surface area contributed by atoms with Crippen molar-refractivity contribution in [3.05, 3.63) is 29.3 Å². The van der Waals surface area contributed by atoms with Crippen LogP contribution in [-0.4, -0.2) is 18.0 Å². The summed E-state index contributed by atoms with van der Waals surface area (Å²) in [6, 6.07) is 5.93. The Morgan fingerprint density at radius 2 is 1.95 bits per heavy atom. The molecule has 0 bridgehead atoms. The highest BCUT2D eigenvalue weighted by Gasteiger charge is 2.28. The molecule has 1 aliphatic rings. The Balaban J connectivity index is 2.03. The quantitative estimate of drug-likeness (QED) is 0.849. The third-order valence-corrected chi connectivity index (χ3v) is 4.43. The predicted octanol–water partition coefficient (Wildman–Crippen LogP) is 4.27. The average molecular weight is 288 g/mol. The van der Waals surface area contributed by atoms with E-state index in [1.54, 1.807) is 0 Å². The minimum atomic E-state index is -0.0254. The minimum Gasteiger partial charge on any atom is -0.385 e. The molecule has 2 rings (SSSR count). The first-order valence-electron chi connectivity index (χ1n) is 8.21. The third kappa shape index (κ3) is 4.23. The number of hydrogen-bond acceptors (Lipinski definition) is 2. The number of nitrogens with one attached hydrogen (secondary N) is 2. The normalized spacial score (nSPS) is 17.3. The van der Waals surface area contributed by atoms with Crippen LogP contribution in [0.5, 0.6) is 0 Å². The standard InChI is InChI=1S/C18H28N2O/c1-4-12-19-16-9-8-15(13-14(16)2)17(21)20-18(3)10-6-5-7-11-18/h8-9,13,19H,4-7,10-12H2,1-3H3,(H,20,21). The smallest absolute Gasteiger partial charge is 0.251 e. The average Bonchev–Trinajstić information content (AvgIpc) is 2.46. The Kier molecular flexibility index (Phi) is 5.27. The van der Waals surface area contributed by atoms with Crippen molar-refractivity contribution < 1.29 is 4.79 Å². The van der Waals surface area contributed by atoms with Gasteiger partial charge in [-0.15, -0.1) is 0 Å². The summed E-state index contributed by atoms with van der Waals surface area (Å²) in [6.45, 7) is 7.34. The zero-order valence-electron chi connectivity index (χ0n) is 13.6. The van der Waals surface area contributed by atoms with E-state index in [9.17, 15) is 4.79 Å². The van der Waals surface area contributed by atoms with Gasteiger partial charge >= 0.3 is 0 Å². The second kappa shape index (κ2) is 6.97. The number of carbonyl (C=O) groups is 1.